The molecular formula is C16H14F3N3O4S. The van der Waals surface area contributed by atoms with Gasteiger partial charge in [-0.1, -0.05) is 6.07 Å². The lowest BCUT2D eigenvalue weighted by Crippen LogP contribution is -2.23. The summed E-state index contributed by atoms with van der Waals surface area (Å²) in [5.41, 5.74) is -1.11. The molecule has 0 fully saturated rings. The first-order valence-corrected chi connectivity index (χ1v) is 8.26. The first-order valence-electron chi connectivity index (χ1n) is 7.44. The van der Waals surface area contributed by atoms with Crippen molar-refractivity contribution in [2.45, 2.75) is 31.8 Å². The van der Waals surface area contributed by atoms with Gasteiger partial charge in [0.25, 0.3) is 11.1 Å². The van der Waals surface area contributed by atoms with Gasteiger partial charge in [0, 0.05) is 5.56 Å². The number of carbonyl (C=O) groups is 2. The average molecular weight is 401 g/mol. The molecule has 11 heteroatoms. The number of benzene rings is 1. The van der Waals surface area contributed by atoms with Crippen LogP contribution < -0.4 is 5.32 Å². The maximum atomic E-state index is 12.7. The number of hydrogen-bond acceptors (Lipinski definition) is 7. The van der Waals surface area contributed by atoms with Gasteiger partial charge in [0.15, 0.2) is 5.78 Å². The molecule has 0 bridgehead atoms. The Balaban J connectivity index is 2.02. The van der Waals surface area contributed by atoms with Gasteiger partial charge in [-0.25, -0.2) is 0 Å². The van der Waals surface area contributed by atoms with Crippen molar-refractivity contribution < 1.29 is 32.3 Å². The minimum Gasteiger partial charge on any atom is -0.511 e. The van der Waals surface area contributed by atoms with Gasteiger partial charge < -0.3 is 14.8 Å². The van der Waals surface area contributed by atoms with E-state index in [1.165, 1.54) is 19.9 Å². The van der Waals surface area contributed by atoms with Crippen LogP contribution in [0.5, 0.6) is 0 Å². The highest BCUT2D eigenvalue weighted by Crippen LogP contribution is 2.30. The zero-order valence-electron chi connectivity index (χ0n) is 14.1. The SMILES string of the molecule is CC(=O)/C(Sc1nnc(CNC(=O)c2cccc(C(F)(F)F)c2)o1)=C(/C)O. The van der Waals surface area contributed by atoms with Crippen LogP contribution in [0.3, 0.4) is 0 Å². The summed E-state index contributed by atoms with van der Waals surface area (Å²) in [5.74, 6) is -1.36. The van der Waals surface area contributed by atoms with Gasteiger partial charge in [0.2, 0.25) is 5.89 Å². The lowest BCUT2D eigenvalue weighted by Gasteiger charge is -2.08. The molecular weight excluding hydrogens is 387 g/mol. The third-order valence-corrected chi connectivity index (χ3v) is 4.26. The Morgan fingerprint density at radius 1 is 1.26 bits per heavy atom. The normalized spacial score (nSPS) is 12.5. The first kappa shape index (κ1) is 20.5. The molecule has 0 unspecified atom stereocenters. The maximum absolute atomic E-state index is 12.7. The van der Waals surface area contributed by atoms with E-state index in [0.29, 0.717) is 0 Å². The molecule has 0 spiro atoms. The van der Waals surface area contributed by atoms with Gasteiger partial charge in [-0.15, -0.1) is 10.2 Å². The van der Waals surface area contributed by atoms with Crippen molar-refractivity contribution in [2.75, 3.05) is 0 Å². The molecule has 1 heterocycles. The topological polar surface area (TPSA) is 105 Å². The quantitative estimate of drug-likeness (QED) is 0.434. The molecule has 2 aromatic rings. The highest BCUT2D eigenvalue weighted by molar-refractivity contribution is 8.03. The number of ketones is 1. The number of carbonyl (C=O) groups excluding carboxylic acids is 2. The smallest absolute Gasteiger partial charge is 0.416 e. The number of amides is 1. The van der Waals surface area contributed by atoms with Crippen molar-refractivity contribution in [3.63, 3.8) is 0 Å². The number of aromatic nitrogens is 2. The van der Waals surface area contributed by atoms with Gasteiger partial charge in [0.1, 0.15) is 5.76 Å². The van der Waals surface area contributed by atoms with Crippen molar-refractivity contribution in [3.05, 3.63) is 51.9 Å². The molecule has 0 aliphatic heterocycles. The van der Waals surface area contributed by atoms with Crippen LogP contribution in [0.2, 0.25) is 0 Å². The van der Waals surface area contributed by atoms with Crippen molar-refractivity contribution >= 4 is 23.5 Å². The van der Waals surface area contributed by atoms with Gasteiger partial charge in [-0.3, -0.25) is 9.59 Å². The minimum absolute atomic E-state index is 0.0173. The predicted molar refractivity (Wildman–Crippen MR) is 88.8 cm³/mol. The van der Waals surface area contributed by atoms with Crippen LogP contribution in [0.4, 0.5) is 13.2 Å². The van der Waals surface area contributed by atoms with Gasteiger partial charge in [-0.2, -0.15) is 13.2 Å². The second kappa shape index (κ2) is 8.25. The predicted octanol–water partition coefficient (Wildman–Crippen LogP) is 3.49. The number of thioether (sulfide) groups is 1. The van der Waals surface area contributed by atoms with Crippen LogP contribution in [0.25, 0.3) is 0 Å². The molecule has 27 heavy (non-hydrogen) atoms. The summed E-state index contributed by atoms with van der Waals surface area (Å²) in [6.45, 7) is 2.37. The molecule has 2 rings (SSSR count). The lowest BCUT2D eigenvalue weighted by atomic mass is 10.1. The fourth-order valence-electron chi connectivity index (χ4n) is 1.93. The molecule has 0 atom stereocenters. The van der Waals surface area contributed by atoms with E-state index in [1.54, 1.807) is 0 Å². The third kappa shape index (κ3) is 5.58. The second-order valence-electron chi connectivity index (χ2n) is 5.30. The van der Waals surface area contributed by atoms with Crippen LogP contribution in [0, 0.1) is 0 Å². The number of hydrogen-bond donors (Lipinski definition) is 2. The van der Waals surface area contributed by atoms with Crippen molar-refractivity contribution in [1.29, 1.82) is 0 Å². The summed E-state index contributed by atoms with van der Waals surface area (Å²) in [6.07, 6.45) is -4.55. The van der Waals surface area contributed by atoms with Crippen molar-refractivity contribution in [3.8, 4) is 0 Å². The monoisotopic (exact) mass is 401 g/mol. The molecule has 0 radical (unpaired) electrons. The molecule has 2 N–H and O–H groups in total. The molecule has 1 amide bonds. The third-order valence-electron chi connectivity index (χ3n) is 3.14. The molecule has 7 nitrogen and oxygen atoms in total. The van der Waals surface area contributed by atoms with E-state index < -0.39 is 23.4 Å². The number of allylic oxidation sites excluding steroid dienone is 2. The average Bonchev–Trinajstić information content (AvgIpc) is 3.04. The Labute approximate surface area is 155 Å². The molecule has 0 saturated heterocycles. The van der Waals surface area contributed by atoms with E-state index >= 15 is 0 Å². The summed E-state index contributed by atoms with van der Waals surface area (Å²) in [7, 11) is 0. The van der Waals surface area contributed by atoms with E-state index in [-0.39, 0.29) is 33.9 Å². The van der Waals surface area contributed by atoms with Crippen LogP contribution in [-0.4, -0.2) is 27.0 Å². The van der Waals surface area contributed by atoms with E-state index in [1.807, 2.05) is 0 Å². The molecule has 0 aliphatic carbocycles. The fourth-order valence-corrected chi connectivity index (χ4v) is 2.62. The maximum Gasteiger partial charge on any atom is 0.416 e. The summed E-state index contributed by atoms with van der Waals surface area (Å²) in [6, 6.07) is 3.97. The standard InChI is InChI=1S/C16H14F3N3O4S/c1-8(23)13(9(2)24)27-15-22-21-12(26-15)7-20-14(25)10-4-3-5-11(6-10)16(17,18)19/h3-6,23H,7H2,1-2H3,(H,20,25)/b13-8+. The minimum atomic E-state index is -4.55. The molecule has 144 valence electrons. The van der Waals surface area contributed by atoms with Crippen LogP contribution >= 0.6 is 11.8 Å². The van der Waals surface area contributed by atoms with E-state index in [0.717, 1.165) is 30.0 Å². The molecule has 0 aliphatic rings. The van der Waals surface area contributed by atoms with Crippen LogP contribution in [0.1, 0.15) is 35.7 Å². The number of aliphatic hydroxyl groups excluding tert-OH is 1. The molecule has 1 aromatic heterocycles. The Hall–Kier alpha value is -2.82. The number of nitrogens with zero attached hydrogens (tertiary/aromatic N) is 2. The summed E-state index contributed by atoms with van der Waals surface area (Å²) >= 11 is 0.763. The largest absolute Gasteiger partial charge is 0.511 e. The summed E-state index contributed by atoms with van der Waals surface area (Å²) < 4.78 is 43.3. The van der Waals surface area contributed by atoms with Gasteiger partial charge in [-0.05, 0) is 43.8 Å². The van der Waals surface area contributed by atoms with Gasteiger partial charge >= 0.3 is 6.18 Å². The van der Waals surface area contributed by atoms with Crippen molar-refractivity contribution in [2.24, 2.45) is 0 Å². The Bertz CT molecular complexity index is 889. The molecule has 1 aromatic carbocycles. The van der Waals surface area contributed by atoms with E-state index in [2.05, 4.69) is 15.5 Å². The van der Waals surface area contributed by atoms with E-state index in [4.69, 9.17) is 4.42 Å². The van der Waals surface area contributed by atoms with E-state index in [9.17, 15) is 27.9 Å². The van der Waals surface area contributed by atoms with Gasteiger partial charge in [0.05, 0.1) is 17.0 Å². The Morgan fingerprint density at radius 2 is 1.96 bits per heavy atom. The second-order valence-corrected chi connectivity index (χ2v) is 6.26. The van der Waals surface area contributed by atoms with Crippen molar-refractivity contribution in [1.82, 2.24) is 15.5 Å². The number of halogens is 3. The van der Waals surface area contributed by atoms with Crippen LogP contribution in [0.15, 0.2) is 44.6 Å². The fraction of sp³-hybridized carbons (Fsp3) is 0.250. The number of alkyl halides is 3. The van der Waals surface area contributed by atoms with Crippen LogP contribution in [-0.2, 0) is 17.5 Å². The molecule has 0 saturated carbocycles. The summed E-state index contributed by atoms with van der Waals surface area (Å²) in [5, 5.41) is 19.1. The lowest BCUT2D eigenvalue weighted by molar-refractivity contribution is -0.137. The summed E-state index contributed by atoms with van der Waals surface area (Å²) in [4.78, 5) is 23.4. The zero-order chi connectivity index (χ0) is 20.2. The first-order chi connectivity index (χ1) is 12.6. The number of nitrogens with one attached hydrogen (secondary N) is 1. The highest BCUT2D eigenvalue weighted by atomic mass is 32.2. The Morgan fingerprint density at radius 3 is 2.56 bits per heavy atom. The Kier molecular flexibility index (Phi) is 6.26. The number of aliphatic hydroxyl groups is 1. The highest BCUT2D eigenvalue weighted by Gasteiger charge is 2.30. The number of rotatable bonds is 6. The zero-order valence-corrected chi connectivity index (χ0v) is 14.9. The number of Topliss-reactive ketones (excluding diaryl/α,β-unsaturated/α-hetero) is 1.